The molecule has 3 aromatic rings. The number of nitriles is 1. The van der Waals surface area contributed by atoms with Gasteiger partial charge in [0.2, 0.25) is 0 Å². The van der Waals surface area contributed by atoms with Crippen LogP contribution in [0.2, 0.25) is 5.02 Å². The fourth-order valence-corrected chi connectivity index (χ4v) is 3.82. The molecule has 36 heavy (non-hydrogen) atoms. The lowest BCUT2D eigenvalue weighted by Gasteiger charge is -2.25. The highest BCUT2D eigenvalue weighted by Crippen LogP contribution is 2.24. The first-order chi connectivity index (χ1) is 16.9. The fourth-order valence-electron chi connectivity index (χ4n) is 3.57. The third-order valence-corrected chi connectivity index (χ3v) is 5.59. The zero-order chi connectivity index (χ0) is 26.6. The van der Waals surface area contributed by atoms with E-state index in [9.17, 15) is 14.9 Å². The van der Waals surface area contributed by atoms with Crippen molar-refractivity contribution in [3.05, 3.63) is 51.3 Å². The summed E-state index contributed by atoms with van der Waals surface area (Å²) in [5.41, 5.74) is 5.43. The molecule has 3 N–H and O–H groups in total. The molecule has 0 radical (unpaired) electrons. The average molecular weight is 513 g/mol. The molecular weight excluding hydrogens is 484 g/mol. The van der Waals surface area contributed by atoms with Gasteiger partial charge in [-0.15, -0.1) is 0 Å². The Morgan fingerprint density at radius 2 is 2.08 bits per heavy atom. The van der Waals surface area contributed by atoms with Crippen molar-refractivity contribution in [2.45, 2.75) is 52.3 Å². The van der Waals surface area contributed by atoms with Crippen molar-refractivity contribution in [2.75, 3.05) is 24.6 Å². The number of amides is 1. The minimum absolute atomic E-state index is 0.0445. The van der Waals surface area contributed by atoms with Gasteiger partial charge in [-0.05, 0) is 46.2 Å². The van der Waals surface area contributed by atoms with Gasteiger partial charge in [-0.25, -0.2) is 19.7 Å². The van der Waals surface area contributed by atoms with E-state index in [1.165, 1.54) is 15.8 Å². The van der Waals surface area contributed by atoms with Crippen molar-refractivity contribution in [3.8, 4) is 6.07 Å². The van der Waals surface area contributed by atoms with E-state index in [1.807, 2.05) is 6.07 Å². The minimum atomic E-state index is -0.609. The van der Waals surface area contributed by atoms with Crippen LogP contribution in [0.4, 0.5) is 16.4 Å². The zero-order valence-corrected chi connectivity index (χ0v) is 21.6. The predicted octanol–water partition coefficient (Wildman–Crippen LogP) is 3.72. The number of benzene rings is 1. The number of hydrogen-bond donors (Lipinski definition) is 2. The van der Waals surface area contributed by atoms with Gasteiger partial charge in [0.15, 0.2) is 0 Å². The third kappa shape index (κ3) is 6.01. The van der Waals surface area contributed by atoms with Gasteiger partial charge in [0.1, 0.15) is 41.0 Å². The van der Waals surface area contributed by atoms with Crippen molar-refractivity contribution < 1.29 is 9.53 Å². The van der Waals surface area contributed by atoms with Crippen LogP contribution in [-0.4, -0.2) is 49.7 Å². The number of hydrogen-bond acceptors (Lipinski definition) is 9. The molecule has 3 rings (SSSR count). The number of halogens is 1. The van der Waals surface area contributed by atoms with Crippen molar-refractivity contribution in [2.24, 2.45) is 0 Å². The third-order valence-electron chi connectivity index (χ3n) is 5.27. The Morgan fingerprint density at radius 1 is 1.36 bits per heavy atom. The van der Waals surface area contributed by atoms with Crippen LogP contribution in [-0.2, 0) is 11.3 Å². The molecular formula is C24H29ClN8O3. The number of carbonyl (C=O) groups is 1. The second-order valence-corrected chi connectivity index (χ2v) is 9.68. The summed E-state index contributed by atoms with van der Waals surface area (Å²) in [5, 5.41) is 13.2. The van der Waals surface area contributed by atoms with Crippen molar-refractivity contribution >= 4 is 40.2 Å². The first-order valence-electron chi connectivity index (χ1n) is 11.3. The van der Waals surface area contributed by atoms with Gasteiger partial charge in [-0.2, -0.15) is 5.26 Å². The van der Waals surface area contributed by atoms with Gasteiger partial charge in [0.05, 0.1) is 22.0 Å². The molecule has 0 aliphatic rings. The topological polar surface area (TPSA) is 152 Å². The van der Waals surface area contributed by atoms with Gasteiger partial charge in [-0.1, -0.05) is 17.7 Å². The van der Waals surface area contributed by atoms with Crippen LogP contribution in [0.25, 0.3) is 10.9 Å². The summed E-state index contributed by atoms with van der Waals surface area (Å²) in [5.74, 6) is 0.688. The van der Waals surface area contributed by atoms with E-state index in [0.29, 0.717) is 34.7 Å². The molecule has 0 bridgehead atoms. The zero-order valence-electron chi connectivity index (χ0n) is 20.9. The predicted molar refractivity (Wildman–Crippen MR) is 138 cm³/mol. The number of nitrogens with zero attached hydrogens (tertiary/aromatic N) is 6. The largest absolute Gasteiger partial charge is 0.444 e. The van der Waals surface area contributed by atoms with Crippen LogP contribution in [0.1, 0.15) is 51.5 Å². The molecule has 2 heterocycles. The number of nitrogen functional groups attached to an aromatic ring is 1. The van der Waals surface area contributed by atoms with Crippen molar-refractivity contribution in [3.63, 3.8) is 0 Å². The van der Waals surface area contributed by atoms with Crippen LogP contribution >= 0.6 is 11.6 Å². The minimum Gasteiger partial charge on any atom is -0.444 e. The Morgan fingerprint density at radius 3 is 2.75 bits per heavy atom. The molecule has 2 aromatic heterocycles. The Balaban J connectivity index is 1.94. The highest BCUT2D eigenvalue weighted by atomic mass is 35.5. The Kier molecular flexibility index (Phi) is 8.00. The smallest absolute Gasteiger partial charge is 0.410 e. The summed E-state index contributed by atoms with van der Waals surface area (Å²) in [6, 6.07) is 6.52. The summed E-state index contributed by atoms with van der Waals surface area (Å²) in [6.45, 7) is 7.80. The number of ether oxygens (including phenoxy) is 1. The van der Waals surface area contributed by atoms with Crippen molar-refractivity contribution in [1.82, 2.24) is 24.4 Å². The molecule has 11 nitrogen and oxygen atoms in total. The van der Waals surface area contributed by atoms with E-state index in [-0.39, 0.29) is 29.3 Å². The highest BCUT2D eigenvalue weighted by Gasteiger charge is 2.22. The maximum atomic E-state index is 13.5. The maximum Gasteiger partial charge on any atom is 0.410 e. The normalized spacial score (nSPS) is 12.1. The van der Waals surface area contributed by atoms with E-state index in [2.05, 4.69) is 15.3 Å². The number of aromatic nitrogens is 4. The van der Waals surface area contributed by atoms with Gasteiger partial charge in [-0.3, -0.25) is 9.36 Å². The summed E-state index contributed by atoms with van der Waals surface area (Å²) in [4.78, 5) is 39.9. The van der Waals surface area contributed by atoms with E-state index >= 15 is 0 Å². The standard InChI is InChI=1S/C24H29ClN8O3/c1-14(30-20-15(12-26)19(27)28-13-29-20)21-31-17-9-6-8-16(25)18(17)22(34)33(21)11-7-10-32(5)23(35)36-24(2,3)4/h6,8-9,13-14H,7,10-11H2,1-5H3,(H3,27,28,29,30). The SMILES string of the molecule is CC(Nc1ncnc(N)c1C#N)c1nc2cccc(Cl)c2c(=O)n1CCCN(C)C(=O)OC(C)(C)C. The summed E-state index contributed by atoms with van der Waals surface area (Å²) >= 11 is 6.34. The lowest BCUT2D eigenvalue weighted by atomic mass is 10.2. The van der Waals surface area contributed by atoms with E-state index < -0.39 is 17.7 Å². The highest BCUT2D eigenvalue weighted by molar-refractivity contribution is 6.35. The van der Waals surface area contributed by atoms with Gasteiger partial charge >= 0.3 is 6.09 Å². The molecule has 0 saturated carbocycles. The van der Waals surface area contributed by atoms with Crippen LogP contribution in [0, 0.1) is 11.3 Å². The molecule has 1 amide bonds. The Hall–Kier alpha value is -3.91. The van der Waals surface area contributed by atoms with Gasteiger partial charge < -0.3 is 20.7 Å². The lowest BCUT2D eigenvalue weighted by molar-refractivity contribution is 0.0295. The average Bonchev–Trinajstić information content (AvgIpc) is 2.79. The first kappa shape index (κ1) is 26.7. The number of fused-ring (bicyclic) bond motifs is 1. The summed E-state index contributed by atoms with van der Waals surface area (Å²) < 4.78 is 6.91. The number of carbonyl (C=O) groups excluding carboxylic acids is 1. The molecule has 0 fully saturated rings. The van der Waals surface area contributed by atoms with Gasteiger partial charge in [0, 0.05) is 20.1 Å². The van der Waals surface area contributed by atoms with E-state index in [0.717, 1.165) is 0 Å². The summed E-state index contributed by atoms with van der Waals surface area (Å²) in [6.07, 6.45) is 1.25. The molecule has 12 heteroatoms. The molecule has 1 atom stereocenters. The Bertz CT molecular complexity index is 1380. The Labute approximate surface area is 213 Å². The van der Waals surface area contributed by atoms with Gasteiger partial charge in [0.25, 0.3) is 5.56 Å². The molecule has 1 aromatic carbocycles. The monoisotopic (exact) mass is 512 g/mol. The van der Waals surface area contributed by atoms with Crippen molar-refractivity contribution in [1.29, 1.82) is 5.26 Å². The van der Waals surface area contributed by atoms with Crippen LogP contribution in [0.15, 0.2) is 29.3 Å². The number of rotatable bonds is 7. The molecule has 0 saturated heterocycles. The summed E-state index contributed by atoms with van der Waals surface area (Å²) in [7, 11) is 1.64. The molecule has 190 valence electrons. The molecule has 1 unspecified atom stereocenters. The molecule has 0 aliphatic heterocycles. The lowest BCUT2D eigenvalue weighted by Crippen LogP contribution is -2.36. The van der Waals surface area contributed by atoms with Crippen LogP contribution in [0.3, 0.4) is 0 Å². The van der Waals surface area contributed by atoms with Crippen LogP contribution < -0.4 is 16.6 Å². The molecule has 0 aliphatic carbocycles. The van der Waals surface area contributed by atoms with E-state index in [4.69, 9.17) is 27.1 Å². The number of anilines is 2. The second-order valence-electron chi connectivity index (χ2n) is 9.28. The van der Waals surface area contributed by atoms with Crippen LogP contribution in [0.5, 0.6) is 0 Å². The van der Waals surface area contributed by atoms with E-state index in [1.54, 1.807) is 52.9 Å². The quantitative estimate of drug-likeness (QED) is 0.482. The number of nitrogens with one attached hydrogen (secondary N) is 1. The fraction of sp³-hybridized carbons (Fsp3) is 0.417. The first-order valence-corrected chi connectivity index (χ1v) is 11.7. The maximum absolute atomic E-state index is 13.5. The second kappa shape index (κ2) is 10.8. The molecule has 0 spiro atoms. The number of nitrogens with two attached hydrogens (primary N) is 1.